The molecule has 210 valence electrons. The van der Waals surface area contributed by atoms with E-state index in [0.717, 1.165) is 22.4 Å². The first-order valence-corrected chi connectivity index (χ1v) is 14.5. The topological polar surface area (TPSA) is 108 Å². The molecule has 0 spiro atoms. The van der Waals surface area contributed by atoms with Crippen LogP contribution in [0.4, 0.5) is 5.69 Å². The zero-order valence-corrected chi connectivity index (χ0v) is 23.4. The summed E-state index contributed by atoms with van der Waals surface area (Å²) < 4.78 is 33.5. The van der Waals surface area contributed by atoms with Gasteiger partial charge in [-0.15, -0.1) is 0 Å². The maximum absolute atomic E-state index is 12.6. The first kappa shape index (κ1) is 29.0. The molecule has 10 heteroatoms. The minimum absolute atomic E-state index is 0.120. The maximum Gasteiger partial charge on any atom is 0.323 e. The number of amides is 1. The lowest BCUT2D eigenvalue weighted by molar-refractivity contribution is -0.142. The van der Waals surface area contributed by atoms with Crippen LogP contribution in [0.3, 0.4) is 0 Å². The molecular formula is C30H34N4O5S. The van der Waals surface area contributed by atoms with Crippen LogP contribution in [-0.2, 0) is 26.3 Å². The monoisotopic (exact) mass is 562 g/mol. The quantitative estimate of drug-likeness (QED) is 0.290. The van der Waals surface area contributed by atoms with Crippen LogP contribution in [0.15, 0.2) is 78.9 Å². The van der Waals surface area contributed by atoms with Gasteiger partial charge in [0.15, 0.2) is 0 Å². The third kappa shape index (κ3) is 7.78. The second-order valence-corrected chi connectivity index (χ2v) is 11.2. The van der Waals surface area contributed by atoms with Gasteiger partial charge in [-0.05, 0) is 47.9 Å². The normalized spacial score (nSPS) is 15.1. The van der Waals surface area contributed by atoms with Crippen molar-refractivity contribution in [2.75, 3.05) is 38.2 Å². The summed E-state index contributed by atoms with van der Waals surface area (Å²) in [6.07, 6.45) is 3.96. The van der Waals surface area contributed by atoms with Crippen molar-refractivity contribution in [3.8, 4) is 0 Å². The summed E-state index contributed by atoms with van der Waals surface area (Å²) in [5.41, 5.74) is 4.57. The van der Waals surface area contributed by atoms with E-state index in [2.05, 4.69) is 19.7 Å². The van der Waals surface area contributed by atoms with Gasteiger partial charge in [-0.25, -0.2) is 0 Å². The van der Waals surface area contributed by atoms with Crippen LogP contribution in [0.1, 0.15) is 34.0 Å². The molecule has 0 radical (unpaired) electrons. The number of nitrogens with zero attached hydrogens (tertiary/aromatic N) is 2. The van der Waals surface area contributed by atoms with E-state index in [-0.39, 0.29) is 5.91 Å². The van der Waals surface area contributed by atoms with Crippen LogP contribution in [0.2, 0.25) is 0 Å². The van der Waals surface area contributed by atoms with Gasteiger partial charge >= 0.3 is 5.97 Å². The molecule has 0 saturated carbocycles. The summed E-state index contributed by atoms with van der Waals surface area (Å²) in [7, 11) is -2.57. The number of hydrogen-bond acceptors (Lipinski definition) is 6. The highest BCUT2D eigenvalue weighted by Gasteiger charge is 2.30. The Bertz CT molecular complexity index is 1430. The van der Waals surface area contributed by atoms with Crippen molar-refractivity contribution in [2.24, 2.45) is 0 Å². The number of ether oxygens (including phenoxy) is 1. The van der Waals surface area contributed by atoms with Crippen molar-refractivity contribution in [1.29, 1.82) is 0 Å². The molecule has 1 heterocycles. The number of methoxy groups -OCH3 is 1. The van der Waals surface area contributed by atoms with Gasteiger partial charge in [-0.3, -0.25) is 9.59 Å². The molecule has 0 aromatic heterocycles. The van der Waals surface area contributed by atoms with Gasteiger partial charge in [0.05, 0.1) is 7.11 Å². The van der Waals surface area contributed by atoms with Crippen molar-refractivity contribution in [1.82, 2.24) is 14.3 Å². The number of hydrogen-bond donors (Lipinski definition) is 2. The summed E-state index contributed by atoms with van der Waals surface area (Å²) >= 11 is 0. The number of esters is 1. The molecule has 0 unspecified atom stereocenters. The third-order valence-corrected chi connectivity index (χ3v) is 8.33. The average molecular weight is 563 g/mol. The SMILES string of the molecule is COC(=O)[C@@H](C)NS(=O)(=O)N1CCN(c2ccc(/C=C/c3cccc(C(=O)NCc4ccccc4)c3)cc2)CC1. The van der Waals surface area contributed by atoms with Gasteiger partial charge in [0.2, 0.25) is 0 Å². The van der Waals surface area contributed by atoms with Crippen molar-refractivity contribution in [2.45, 2.75) is 19.5 Å². The molecule has 1 amide bonds. The zero-order chi connectivity index (χ0) is 28.5. The largest absolute Gasteiger partial charge is 0.468 e. The molecule has 0 bridgehead atoms. The summed E-state index contributed by atoms with van der Waals surface area (Å²) in [5.74, 6) is -0.751. The lowest BCUT2D eigenvalue weighted by atomic mass is 10.1. The lowest BCUT2D eigenvalue weighted by Gasteiger charge is -2.35. The Morgan fingerprint density at radius 1 is 0.900 bits per heavy atom. The van der Waals surface area contributed by atoms with E-state index in [1.54, 1.807) is 6.07 Å². The minimum Gasteiger partial charge on any atom is -0.468 e. The number of carbonyl (C=O) groups is 2. The molecule has 1 fully saturated rings. The van der Waals surface area contributed by atoms with Crippen molar-refractivity contribution in [3.63, 3.8) is 0 Å². The number of benzene rings is 3. The van der Waals surface area contributed by atoms with Crippen LogP contribution in [0, 0.1) is 0 Å². The van der Waals surface area contributed by atoms with Gasteiger partial charge in [-0.2, -0.15) is 17.4 Å². The summed E-state index contributed by atoms with van der Waals surface area (Å²) in [6.45, 7) is 3.60. The molecule has 1 atom stereocenters. The number of nitrogens with one attached hydrogen (secondary N) is 2. The second-order valence-electron chi connectivity index (χ2n) is 9.47. The highest BCUT2D eigenvalue weighted by Crippen LogP contribution is 2.20. The smallest absolute Gasteiger partial charge is 0.323 e. The molecule has 9 nitrogen and oxygen atoms in total. The van der Waals surface area contributed by atoms with E-state index >= 15 is 0 Å². The Morgan fingerprint density at radius 2 is 1.57 bits per heavy atom. The Balaban J connectivity index is 1.30. The van der Waals surface area contributed by atoms with Gasteiger partial charge < -0.3 is 15.0 Å². The zero-order valence-electron chi connectivity index (χ0n) is 22.6. The number of rotatable bonds is 10. The van der Waals surface area contributed by atoms with Gasteiger partial charge in [0, 0.05) is 44.0 Å². The fourth-order valence-corrected chi connectivity index (χ4v) is 5.70. The fraction of sp³-hybridized carbons (Fsp3) is 0.267. The van der Waals surface area contributed by atoms with Gasteiger partial charge in [0.25, 0.3) is 16.1 Å². The molecule has 1 aliphatic rings. The second kappa shape index (κ2) is 13.4. The van der Waals surface area contributed by atoms with E-state index in [0.29, 0.717) is 38.3 Å². The van der Waals surface area contributed by atoms with Crippen LogP contribution >= 0.6 is 0 Å². The Hall–Kier alpha value is -3.99. The van der Waals surface area contributed by atoms with Crippen LogP contribution in [0.25, 0.3) is 12.2 Å². The molecule has 40 heavy (non-hydrogen) atoms. The Morgan fingerprint density at radius 3 is 2.25 bits per heavy atom. The predicted octanol–water partition coefficient (Wildman–Crippen LogP) is 3.30. The highest BCUT2D eigenvalue weighted by molar-refractivity contribution is 7.87. The average Bonchev–Trinajstić information content (AvgIpc) is 2.99. The summed E-state index contributed by atoms with van der Waals surface area (Å²) in [6, 6.07) is 24.3. The van der Waals surface area contributed by atoms with Crippen molar-refractivity contribution >= 4 is 39.9 Å². The van der Waals surface area contributed by atoms with E-state index in [1.807, 2.05) is 84.9 Å². The predicted molar refractivity (Wildman–Crippen MR) is 157 cm³/mol. The molecule has 4 rings (SSSR count). The van der Waals surface area contributed by atoms with E-state index in [9.17, 15) is 18.0 Å². The minimum atomic E-state index is -3.79. The van der Waals surface area contributed by atoms with Crippen LogP contribution < -0.4 is 14.9 Å². The van der Waals surface area contributed by atoms with Crippen molar-refractivity contribution < 1.29 is 22.7 Å². The van der Waals surface area contributed by atoms with Crippen LogP contribution in [0.5, 0.6) is 0 Å². The number of anilines is 1. The Labute approximate surface area is 235 Å². The number of carbonyl (C=O) groups excluding carboxylic acids is 2. The molecule has 1 aliphatic heterocycles. The van der Waals surface area contributed by atoms with E-state index < -0.39 is 22.2 Å². The highest BCUT2D eigenvalue weighted by atomic mass is 32.2. The molecule has 2 N–H and O–H groups in total. The molecule has 0 aliphatic carbocycles. The summed E-state index contributed by atoms with van der Waals surface area (Å²) in [5, 5.41) is 2.95. The van der Waals surface area contributed by atoms with Gasteiger partial charge in [-0.1, -0.05) is 66.7 Å². The summed E-state index contributed by atoms with van der Waals surface area (Å²) in [4.78, 5) is 26.3. The first-order valence-electron chi connectivity index (χ1n) is 13.1. The molecule has 3 aromatic carbocycles. The van der Waals surface area contributed by atoms with E-state index in [1.165, 1.54) is 18.3 Å². The maximum atomic E-state index is 12.6. The Kier molecular flexibility index (Phi) is 9.70. The first-order chi connectivity index (χ1) is 19.2. The molecule has 3 aromatic rings. The third-order valence-electron chi connectivity index (χ3n) is 6.63. The molecule has 1 saturated heterocycles. The number of piperazine rings is 1. The van der Waals surface area contributed by atoms with Gasteiger partial charge in [0.1, 0.15) is 6.04 Å². The molecular weight excluding hydrogens is 528 g/mol. The van der Waals surface area contributed by atoms with Crippen LogP contribution in [-0.4, -0.2) is 63.9 Å². The van der Waals surface area contributed by atoms with E-state index in [4.69, 9.17) is 0 Å². The van der Waals surface area contributed by atoms with Crippen molar-refractivity contribution in [3.05, 3.63) is 101 Å². The lowest BCUT2D eigenvalue weighted by Crippen LogP contribution is -2.54. The standard InChI is InChI=1S/C30H34N4O5S/c1-23(30(36)39-2)32-40(37,38)34-19-17-33(18-20-34)28-15-13-24(14-16-28)11-12-25-9-6-10-27(21-25)29(35)31-22-26-7-4-3-5-8-26/h3-16,21,23,32H,17-20,22H2,1-2H3,(H,31,35)/b12-11+/t23-/m1/s1. The fourth-order valence-electron chi connectivity index (χ4n) is 4.36.